The second-order valence-electron chi connectivity index (χ2n) is 6.89. The molecule has 2 aliphatic heterocycles. The van der Waals surface area contributed by atoms with E-state index in [0.717, 1.165) is 19.3 Å². The molecule has 7 heteroatoms. The molecular formula is C16H27N3O4. The standard InChI is InChI=1S/C16H27N3O4/c1-11(2)9-17-16(23)18-7-3-5-12(10-18)14(20)19-8-4-6-13(19)15(21)22/h11-13H,3-10H2,1-2H3,(H,17,23)(H,21,22)/t12?,13-/m0/s1. The minimum Gasteiger partial charge on any atom is -0.480 e. The van der Waals surface area contributed by atoms with Crippen LogP contribution >= 0.6 is 0 Å². The van der Waals surface area contributed by atoms with E-state index in [0.29, 0.717) is 38.5 Å². The van der Waals surface area contributed by atoms with Crippen molar-refractivity contribution >= 4 is 17.9 Å². The molecule has 0 aromatic carbocycles. The molecule has 2 saturated heterocycles. The van der Waals surface area contributed by atoms with Crippen LogP contribution < -0.4 is 5.32 Å². The number of rotatable bonds is 4. The second kappa shape index (κ2) is 7.66. The van der Waals surface area contributed by atoms with E-state index in [1.165, 1.54) is 4.90 Å². The summed E-state index contributed by atoms with van der Waals surface area (Å²) in [5, 5.41) is 12.1. The van der Waals surface area contributed by atoms with E-state index in [1.807, 2.05) is 13.8 Å². The van der Waals surface area contributed by atoms with E-state index >= 15 is 0 Å². The molecule has 2 heterocycles. The van der Waals surface area contributed by atoms with Crippen LogP contribution in [0.25, 0.3) is 0 Å². The number of carbonyl (C=O) groups is 3. The Bertz CT molecular complexity index is 466. The van der Waals surface area contributed by atoms with Crippen molar-refractivity contribution in [1.82, 2.24) is 15.1 Å². The zero-order valence-corrected chi connectivity index (χ0v) is 14.0. The molecule has 0 spiro atoms. The molecule has 0 bridgehead atoms. The fourth-order valence-corrected chi connectivity index (χ4v) is 3.29. The Labute approximate surface area is 137 Å². The number of piperidine rings is 1. The van der Waals surface area contributed by atoms with E-state index in [4.69, 9.17) is 0 Å². The first kappa shape index (κ1) is 17.6. The molecule has 2 N–H and O–H groups in total. The number of amides is 3. The van der Waals surface area contributed by atoms with Gasteiger partial charge >= 0.3 is 12.0 Å². The van der Waals surface area contributed by atoms with E-state index in [2.05, 4.69) is 5.32 Å². The van der Waals surface area contributed by atoms with Gasteiger partial charge in [-0.2, -0.15) is 0 Å². The molecule has 2 rings (SSSR count). The minimum absolute atomic E-state index is 0.115. The Morgan fingerprint density at radius 2 is 1.87 bits per heavy atom. The van der Waals surface area contributed by atoms with Gasteiger partial charge in [-0.15, -0.1) is 0 Å². The molecule has 0 aliphatic carbocycles. The van der Waals surface area contributed by atoms with E-state index in [-0.39, 0.29) is 17.9 Å². The minimum atomic E-state index is -0.932. The molecule has 0 saturated carbocycles. The Hall–Kier alpha value is -1.79. The molecule has 0 aromatic rings. The van der Waals surface area contributed by atoms with E-state index in [1.54, 1.807) is 4.90 Å². The number of carbonyl (C=O) groups excluding carboxylic acids is 2. The van der Waals surface area contributed by atoms with Crippen molar-refractivity contribution in [1.29, 1.82) is 0 Å². The fourth-order valence-electron chi connectivity index (χ4n) is 3.29. The summed E-state index contributed by atoms with van der Waals surface area (Å²) in [6.07, 6.45) is 2.74. The van der Waals surface area contributed by atoms with Crippen molar-refractivity contribution in [2.24, 2.45) is 11.8 Å². The third kappa shape index (κ3) is 4.36. The maximum absolute atomic E-state index is 12.7. The van der Waals surface area contributed by atoms with Crippen LogP contribution in [0.1, 0.15) is 39.5 Å². The number of hydrogen-bond donors (Lipinski definition) is 2. The van der Waals surface area contributed by atoms with Gasteiger partial charge in [0.1, 0.15) is 6.04 Å². The Morgan fingerprint density at radius 1 is 1.17 bits per heavy atom. The van der Waals surface area contributed by atoms with Gasteiger partial charge in [-0.05, 0) is 31.6 Å². The van der Waals surface area contributed by atoms with Crippen molar-refractivity contribution in [3.8, 4) is 0 Å². The van der Waals surface area contributed by atoms with E-state index in [9.17, 15) is 19.5 Å². The van der Waals surface area contributed by atoms with Gasteiger partial charge in [0.05, 0.1) is 5.92 Å². The summed E-state index contributed by atoms with van der Waals surface area (Å²) in [6, 6.07) is -0.833. The summed E-state index contributed by atoms with van der Waals surface area (Å²) in [6.45, 7) is 6.21. The lowest BCUT2D eigenvalue weighted by Gasteiger charge is -2.35. The average Bonchev–Trinajstić information content (AvgIpc) is 3.01. The molecule has 1 unspecified atom stereocenters. The van der Waals surface area contributed by atoms with Gasteiger partial charge in [0.15, 0.2) is 0 Å². The molecular weight excluding hydrogens is 298 g/mol. The largest absolute Gasteiger partial charge is 0.480 e. The van der Waals surface area contributed by atoms with Crippen LogP contribution in [0.5, 0.6) is 0 Å². The molecule has 3 amide bonds. The normalized spacial score (nSPS) is 24.8. The monoisotopic (exact) mass is 325 g/mol. The van der Waals surface area contributed by atoms with Gasteiger partial charge in [-0.25, -0.2) is 9.59 Å². The van der Waals surface area contributed by atoms with Gasteiger partial charge in [0, 0.05) is 26.2 Å². The second-order valence-corrected chi connectivity index (χ2v) is 6.89. The van der Waals surface area contributed by atoms with Crippen LogP contribution in [0, 0.1) is 11.8 Å². The predicted octanol–water partition coefficient (Wildman–Crippen LogP) is 1.14. The quantitative estimate of drug-likeness (QED) is 0.811. The lowest BCUT2D eigenvalue weighted by atomic mass is 9.96. The van der Waals surface area contributed by atoms with Gasteiger partial charge in [-0.3, -0.25) is 4.79 Å². The smallest absolute Gasteiger partial charge is 0.326 e. The molecule has 0 radical (unpaired) electrons. The van der Waals surface area contributed by atoms with E-state index < -0.39 is 12.0 Å². The van der Waals surface area contributed by atoms with Gasteiger partial charge in [0.25, 0.3) is 0 Å². The third-order valence-electron chi connectivity index (χ3n) is 4.54. The molecule has 7 nitrogen and oxygen atoms in total. The van der Waals surface area contributed by atoms with Crippen molar-refractivity contribution in [3.05, 3.63) is 0 Å². The van der Waals surface area contributed by atoms with Gasteiger partial charge in [0.2, 0.25) is 5.91 Å². The lowest BCUT2D eigenvalue weighted by Crippen LogP contribution is -2.51. The number of urea groups is 1. The van der Waals surface area contributed by atoms with Crippen molar-refractivity contribution < 1.29 is 19.5 Å². The molecule has 23 heavy (non-hydrogen) atoms. The topological polar surface area (TPSA) is 90.0 Å². The SMILES string of the molecule is CC(C)CNC(=O)N1CCCC(C(=O)N2CCC[C@H]2C(=O)O)C1. The third-order valence-corrected chi connectivity index (χ3v) is 4.54. The summed E-state index contributed by atoms with van der Waals surface area (Å²) >= 11 is 0. The Balaban J connectivity index is 1.93. The highest BCUT2D eigenvalue weighted by Crippen LogP contribution is 2.24. The van der Waals surface area contributed by atoms with Crippen LogP contribution in [0.3, 0.4) is 0 Å². The highest BCUT2D eigenvalue weighted by molar-refractivity contribution is 5.86. The zero-order valence-electron chi connectivity index (χ0n) is 14.0. The zero-order chi connectivity index (χ0) is 17.0. The van der Waals surface area contributed by atoms with Crippen LogP contribution in [0.15, 0.2) is 0 Å². The highest BCUT2D eigenvalue weighted by Gasteiger charge is 2.38. The average molecular weight is 325 g/mol. The van der Waals surface area contributed by atoms with Crippen LogP contribution in [-0.4, -0.2) is 65.0 Å². The number of hydrogen-bond acceptors (Lipinski definition) is 3. The highest BCUT2D eigenvalue weighted by atomic mass is 16.4. The summed E-state index contributed by atoms with van der Waals surface area (Å²) in [5.41, 5.74) is 0. The molecule has 0 aromatic heterocycles. The summed E-state index contributed by atoms with van der Waals surface area (Å²) < 4.78 is 0. The van der Waals surface area contributed by atoms with Gasteiger partial charge < -0.3 is 20.2 Å². The first-order valence-corrected chi connectivity index (χ1v) is 8.46. The summed E-state index contributed by atoms with van der Waals surface area (Å²) in [7, 11) is 0. The van der Waals surface area contributed by atoms with Crippen molar-refractivity contribution in [2.75, 3.05) is 26.2 Å². The number of carboxylic acids is 1. The molecule has 130 valence electrons. The maximum Gasteiger partial charge on any atom is 0.326 e. The van der Waals surface area contributed by atoms with Gasteiger partial charge in [-0.1, -0.05) is 13.8 Å². The number of nitrogens with one attached hydrogen (secondary N) is 1. The van der Waals surface area contributed by atoms with Crippen molar-refractivity contribution in [2.45, 2.75) is 45.6 Å². The first-order valence-electron chi connectivity index (χ1n) is 8.46. The Morgan fingerprint density at radius 3 is 2.52 bits per heavy atom. The lowest BCUT2D eigenvalue weighted by molar-refractivity contribution is -0.150. The van der Waals surface area contributed by atoms with Crippen LogP contribution in [0.4, 0.5) is 4.79 Å². The predicted molar refractivity (Wildman–Crippen MR) is 84.9 cm³/mol. The number of aliphatic carboxylic acids is 1. The maximum atomic E-state index is 12.7. The Kier molecular flexibility index (Phi) is 5.85. The molecule has 2 fully saturated rings. The molecule has 2 atom stereocenters. The fraction of sp³-hybridized carbons (Fsp3) is 0.812. The van der Waals surface area contributed by atoms with Crippen molar-refractivity contribution in [3.63, 3.8) is 0 Å². The number of likely N-dealkylation sites (tertiary alicyclic amines) is 2. The number of carboxylic acid groups (broad SMARTS) is 1. The molecule has 2 aliphatic rings. The summed E-state index contributed by atoms with van der Waals surface area (Å²) in [5.74, 6) is -0.954. The van der Waals surface area contributed by atoms with Crippen LogP contribution in [0.2, 0.25) is 0 Å². The first-order chi connectivity index (χ1) is 10.9. The summed E-state index contributed by atoms with van der Waals surface area (Å²) in [4.78, 5) is 39.2. The van der Waals surface area contributed by atoms with Crippen LogP contribution in [-0.2, 0) is 9.59 Å². The number of nitrogens with zero attached hydrogens (tertiary/aromatic N) is 2.